The molecule has 114 valence electrons. The van der Waals surface area contributed by atoms with Gasteiger partial charge in [-0.2, -0.15) is 0 Å². The Balaban J connectivity index is 2.89. The SMILES string of the molecule is CCS(=O)(=O)CCCC(C)(O)c1c(F)cccc1OC. The average molecular weight is 304 g/mol. The molecule has 0 aliphatic carbocycles. The van der Waals surface area contributed by atoms with Crippen molar-refractivity contribution >= 4 is 9.84 Å². The van der Waals surface area contributed by atoms with E-state index >= 15 is 0 Å². The van der Waals surface area contributed by atoms with Gasteiger partial charge in [-0.15, -0.1) is 0 Å². The Hall–Kier alpha value is -1.14. The van der Waals surface area contributed by atoms with Crippen LogP contribution in [0.2, 0.25) is 0 Å². The highest BCUT2D eigenvalue weighted by Gasteiger charge is 2.30. The first kappa shape index (κ1) is 16.9. The van der Waals surface area contributed by atoms with Crippen molar-refractivity contribution in [3.05, 3.63) is 29.6 Å². The van der Waals surface area contributed by atoms with E-state index in [9.17, 15) is 17.9 Å². The number of rotatable bonds is 7. The number of hydrogen-bond acceptors (Lipinski definition) is 4. The molecule has 0 spiro atoms. The Morgan fingerprint density at radius 2 is 2.05 bits per heavy atom. The van der Waals surface area contributed by atoms with Crippen LogP contribution in [0, 0.1) is 5.82 Å². The zero-order valence-electron chi connectivity index (χ0n) is 12.0. The highest BCUT2D eigenvalue weighted by molar-refractivity contribution is 7.91. The smallest absolute Gasteiger partial charge is 0.150 e. The lowest BCUT2D eigenvalue weighted by Crippen LogP contribution is -2.25. The maximum Gasteiger partial charge on any atom is 0.150 e. The maximum absolute atomic E-state index is 13.9. The van der Waals surface area contributed by atoms with Crippen molar-refractivity contribution in [1.29, 1.82) is 0 Å². The molecule has 1 rings (SSSR count). The summed E-state index contributed by atoms with van der Waals surface area (Å²) in [5, 5.41) is 10.4. The summed E-state index contributed by atoms with van der Waals surface area (Å²) in [6.07, 6.45) is 0.407. The molecule has 0 radical (unpaired) electrons. The number of sulfone groups is 1. The van der Waals surface area contributed by atoms with Gasteiger partial charge in [-0.05, 0) is 31.9 Å². The fraction of sp³-hybridized carbons (Fsp3) is 0.571. The summed E-state index contributed by atoms with van der Waals surface area (Å²) in [7, 11) is -1.69. The molecule has 1 aromatic carbocycles. The van der Waals surface area contributed by atoms with Crippen molar-refractivity contribution in [1.82, 2.24) is 0 Å². The van der Waals surface area contributed by atoms with Crippen molar-refractivity contribution in [3.8, 4) is 5.75 Å². The molecule has 0 aromatic heterocycles. The van der Waals surface area contributed by atoms with E-state index < -0.39 is 21.3 Å². The summed E-state index contributed by atoms with van der Waals surface area (Å²) in [6, 6.07) is 4.31. The maximum atomic E-state index is 13.9. The van der Waals surface area contributed by atoms with Gasteiger partial charge in [-0.1, -0.05) is 13.0 Å². The second kappa shape index (κ2) is 6.54. The molecule has 1 aromatic rings. The molecule has 6 heteroatoms. The lowest BCUT2D eigenvalue weighted by molar-refractivity contribution is 0.0409. The van der Waals surface area contributed by atoms with Crippen LogP contribution in [0.3, 0.4) is 0 Å². The summed E-state index contributed by atoms with van der Waals surface area (Å²) in [6.45, 7) is 3.04. The number of halogens is 1. The van der Waals surface area contributed by atoms with E-state index in [1.807, 2.05) is 0 Å². The lowest BCUT2D eigenvalue weighted by Gasteiger charge is -2.26. The van der Waals surface area contributed by atoms with E-state index in [0.717, 1.165) is 0 Å². The number of ether oxygens (including phenoxy) is 1. The van der Waals surface area contributed by atoms with Crippen molar-refractivity contribution in [2.24, 2.45) is 0 Å². The van der Waals surface area contributed by atoms with E-state index in [-0.39, 0.29) is 35.7 Å². The zero-order chi connectivity index (χ0) is 15.4. The van der Waals surface area contributed by atoms with Gasteiger partial charge in [0.2, 0.25) is 0 Å². The quantitative estimate of drug-likeness (QED) is 0.839. The monoisotopic (exact) mass is 304 g/mol. The van der Waals surface area contributed by atoms with E-state index in [2.05, 4.69) is 0 Å². The van der Waals surface area contributed by atoms with Crippen LogP contribution in [0.1, 0.15) is 32.3 Å². The highest BCUT2D eigenvalue weighted by atomic mass is 32.2. The Bertz CT molecular complexity index is 552. The number of hydrogen-bond donors (Lipinski definition) is 1. The van der Waals surface area contributed by atoms with Gasteiger partial charge in [-0.3, -0.25) is 0 Å². The molecule has 1 unspecified atom stereocenters. The fourth-order valence-electron chi connectivity index (χ4n) is 2.10. The Kier molecular flexibility index (Phi) is 5.53. The molecule has 0 saturated carbocycles. The highest BCUT2D eigenvalue weighted by Crippen LogP contribution is 2.35. The molecule has 0 bridgehead atoms. The molecule has 0 aliphatic rings. The van der Waals surface area contributed by atoms with Crippen LogP contribution < -0.4 is 4.74 Å². The number of benzene rings is 1. The minimum absolute atomic E-state index is 0.0174. The van der Waals surface area contributed by atoms with Gasteiger partial charge in [0.15, 0.2) is 0 Å². The summed E-state index contributed by atoms with van der Waals surface area (Å²) in [4.78, 5) is 0. The molecule has 0 heterocycles. The minimum atomic E-state index is -3.09. The van der Waals surface area contributed by atoms with Crippen LogP contribution in [0.5, 0.6) is 5.75 Å². The number of aliphatic hydroxyl groups is 1. The van der Waals surface area contributed by atoms with E-state index in [1.165, 1.54) is 26.2 Å². The Morgan fingerprint density at radius 1 is 1.40 bits per heavy atom. The first-order valence-electron chi connectivity index (χ1n) is 6.49. The summed E-state index contributed by atoms with van der Waals surface area (Å²) < 4.78 is 41.8. The van der Waals surface area contributed by atoms with Gasteiger partial charge in [0, 0.05) is 5.75 Å². The molecule has 0 fully saturated rings. The predicted octanol–water partition coefficient (Wildman–Crippen LogP) is 2.26. The van der Waals surface area contributed by atoms with E-state index in [0.29, 0.717) is 0 Å². The van der Waals surface area contributed by atoms with Crippen molar-refractivity contribution in [2.45, 2.75) is 32.3 Å². The minimum Gasteiger partial charge on any atom is -0.496 e. The van der Waals surface area contributed by atoms with Crippen LogP contribution in [0.4, 0.5) is 4.39 Å². The van der Waals surface area contributed by atoms with Gasteiger partial charge in [0.25, 0.3) is 0 Å². The second-order valence-corrected chi connectivity index (χ2v) is 7.40. The molecule has 0 amide bonds. The van der Waals surface area contributed by atoms with Crippen LogP contribution >= 0.6 is 0 Å². The fourth-order valence-corrected chi connectivity index (χ4v) is 2.98. The topological polar surface area (TPSA) is 63.6 Å². The third kappa shape index (κ3) is 4.18. The molecule has 1 N–H and O–H groups in total. The van der Waals surface area contributed by atoms with Crippen molar-refractivity contribution in [3.63, 3.8) is 0 Å². The normalized spacial score (nSPS) is 14.8. The first-order chi connectivity index (χ1) is 9.23. The predicted molar refractivity (Wildman–Crippen MR) is 76.1 cm³/mol. The number of methoxy groups -OCH3 is 1. The Labute approximate surface area is 119 Å². The third-order valence-corrected chi connectivity index (χ3v) is 5.08. The van der Waals surface area contributed by atoms with Gasteiger partial charge in [-0.25, -0.2) is 12.8 Å². The van der Waals surface area contributed by atoms with Gasteiger partial charge in [0.1, 0.15) is 21.4 Å². The van der Waals surface area contributed by atoms with E-state index in [4.69, 9.17) is 4.74 Å². The zero-order valence-corrected chi connectivity index (χ0v) is 12.8. The first-order valence-corrected chi connectivity index (χ1v) is 8.31. The Morgan fingerprint density at radius 3 is 2.60 bits per heavy atom. The van der Waals surface area contributed by atoms with E-state index in [1.54, 1.807) is 13.0 Å². The summed E-state index contributed by atoms with van der Waals surface area (Å²) in [5.74, 6) is -0.254. The third-order valence-electron chi connectivity index (χ3n) is 3.29. The summed E-state index contributed by atoms with van der Waals surface area (Å²) in [5.41, 5.74) is -1.41. The lowest BCUT2D eigenvalue weighted by atomic mass is 9.90. The molecular weight excluding hydrogens is 283 g/mol. The van der Waals surface area contributed by atoms with Crippen LogP contribution in [0.15, 0.2) is 18.2 Å². The summed E-state index contributed by atoms with van der Waals surface area (Å²) >= 11 is 0. The molecule has 20 heavy (non-hydrogen) atoms. The molecule has 4 nitrogen and oxygen atoms in total. The van der Waals surface area contributed by atoms with Crippen LogP contribution in [0.25, 0.3) is 0 Å². The molecular formula is C14H21FO4S. The standard InChI is InChI=1S/C14H21FO4S/c1-4-20(17,18)10-6-9-14(2,16)13-11(15)7-5-8-12(13)19-3/h5,7-8,16H,4,6,9-10H2,1-3H3. The molecule has 0 aliphatic heterocycles. The van der Waals surface area contributed by atoms with Crippen LogP contribution in [-0.4, -0.2) is 32.1 Å². The average Bonchev–Trinajstić information content (AvgIpc) is 2.37. The molecule has 0 saturated heterocycles. The van der Waals surface area contributed by atoms with Gasteiger partial charge in [0.05, 0.1) is 24.0 Å². The van der Waals surface area contributed by atoms with Gasteiger partial charge >= 0.3 is 0 Å². The van der Waals surface area contributed by atoms with Gasteiger partial charge < -0.3 is 9.84 Å². The van der Waals surface area contributed by atoms with Crippen LogP contribution in [-0.2, 0) is 15.4 Å². The largest absolute Gasteiger partial charge is 0.496 e. The van der Waals surface area contributed by atoms with Crippen molar-refractivity contribution < 1.29 is 22.7 Å². The second-order valence-electron chi connectivity index (χ2n) is 4.93. The molecule has 1 atom stereocenters. The van der Waals surface area contributed by atoms with Crippen molar-refractivity contribution in [2.75, 3.05) is 18.6 Å².